The summed E-state index contributed by atoms with van der Waals surface area (Å²) in [5, 5.41) is 0. The minimum Gasteiger partial charge on any atom is -0.418 e. The van der Waals surface area contributed by atoms with E-state index in [-0.39, 0.29) is 0 Å². The first kappa shape index (κ1) is 9.91. The standard InChI is InChI=1S/C6H15IOSi/c1-4-8-9(2,3)6-5-7/h4-6H2,1-3H3. The fourth-order valence-corrected chi connectivity index (χ4v) is 5.97. The van der Waals surface area contributed by atoms with Crippen LogP contribution in [0.5, 0.6) is 0 Å². The SMILES string of the molecule is CCO[Si](C)(C)CCI. The second-order valence-corrected chi connectivity index (χ2v) is 8.02. The van der Waals surface area contributed by atoms with Gasteiger partial charge in [-0.05, 0) is 30.5 Å². The second kappa shape index (κ2) is 4.68. The fraction of sp³-hybridized carbons (Fsp3) is 1.00. The van der Waals surface area contributed by atoms with Crippen molar-refractivity contribution in [3.05, 3.63) is 0 Å². The molecule has 0 aromatic rings. The molecule has 0 spiro atoms. The summed E-state index contributed by atoms with van der Waals surface area (Å²) in [6.07, 6.45) is 0. The van der Waals surface area contributed by atoms with Gasteiger partial charge in [0.25, 0.3) is 0 Å². The molecule has 1 nitrogen and oxygen atoms in total. The summed E-state index contributed by atoms with van der Waals surface area (Å²) in [7, 11) is -1.21. The molecular weight excluding hydrogens is 243 g/mol. The molecule has 0 aliphatic carbocycles. The van der Waals surface area contributed by atoms with Crippen molar-refractivity contribution in [1.29, 1.82) is 0 Å². The minimum atomic E-state index is -1.21. The van der Waals surface area contributed by atoms with Crippen LogP contribution in [0.4, 0.5) is 0 Å². The van der Waals surface area contributed by atoms with Gasteiger partial charge in [-0.25, -0.2) is 0 Å². The predicted octanol–water partition coefficient (Wildman–Crippen LogP) is 2.66. The molecule has 0 N–H and O–H groups in total. The molecule has 0 aliphatic rings. The van der Waals surface area contributed by atoms with E-state index >= 15 is 0 Å². The molecule has 9 heavy (non-hydrogen) atoms. The van der Waals surface area contributed by atoms with Gasteiger partial charge in [0.1, 0.15) is 0 Å². The van der Waals surface area contributed by atoms with E-state index in [0.717, 1.165) is 6.61 Å². The normalized spacial score (nSPS) is 12.0. The Kier molecular flexibility index (Phi) is 5.15. The first-order valence-electron chi connectivity index (χ1n) is 3.32. The smallest absolute Gasteiger partial charge is 0.187 e. The van der Waals surface area contributed by atoms with Gasteiger partial charge in [0.15, 0.2) is 8.32 Å². The number of rotatable bonds is 4. The predicted molar refractivity (Wildman–Crippen MR) is 52.8 cm³/mol. The van der Waals surface area contributed by atoms with E-state index in [1.165, 1.54) is 10.5 Å². The van der Waals surface area contributed by atoms with Crippen LogP contribution in [0.3, 0.4) is 0 Å². The third-order valence-electron chi connectivity index (χ3n) is 1.23. The first-order chi connectivity index (χ1) is 4.12. The molecule has 0 radical (unpaired) electrons. The van der Waals surface area contributed by atoms with Crippen LogP contribution in [-0.4, -0.2) is 19.4 Å². The fourth-order valence-electron chi connectivity index (χ4n) is 0.690. The summed E-state index contributed by atoms with van der Waals surface area (Å²) in [4.78, 5) is 0. The molecule has 0 saturated carbocycles. The quantitative estimate of drug-likeness (QED) is 0.428. The lowest BCUT2D eigenvalue weighted by Gasteiger charge is -2.20. The van der Waals surface area contributed by atoms with Crippen LogP contribution in [0.1, 0.15) is 6.92 Å². The van der Waals surface area contributed by atoms with E-state index in [4.69, 9.17) is 4.43 Å². The summed E-state index contributed by atoms with van der Waals surface area (Å²) >= 11 is 2.41. The molecule has 0 aromatic heterocycles. The lowest BCUT2D eigenvalue weighted by Crippen LogP contribution is -2.30. The van der Waals surface area contributed by atoms with Gasteiger partial charge in [-0.2, -0.15) is 0 Å². The highest BCUT2D eigenvalue weighted by Crippen LogP contribution is 2.11. The Morgan fingerprint density at radius 2 is 2.00 bits per heavy atom. The second-order valence-electron chi connectivity index (χ2n) is 2.63. The highest BCUT2D eigenvalue weighted by atomic mass is 127. The molecule has 0 atom stereocenters. The molecule has 0 aromatic carbocycles. The molecule has 3 heteroatoms. The molecule has 0 saturated heterocycles. The van der Waals surface area contributed by atoms with Crippen molar-refractivity contribution in [2.45, 2.75) is 26.1 Å². The molecule has 0 aliphatic heterocycles. The van der Waals surface area contributed by atoms with E-state index in [1.54, 1.807) is 0 Å². The van der Waals surface area contributed by atoms with Gasteiger partial charge >= 0.3 is 0 Å². The minimum absolute atomic E-state index is 0.885. The van der Waals surface area contributed by atoms with Gasteiger partial charge in [0.05, 0.1) is 0 Å². The van der Waals surface area contributed by atoms with Crippen LogP contribution < -0.4 is 0 Å². The van der Waals surface area contributed by atoms with E-state index in [2.05, 4.69) is 42.6 Å². The van der Waals surface area contributed by atoms with Crippen LogP contribution in [-0.2, 0) is 4.43 Å². The maximum atomic E-state index is 5.60. The first-order valence-corrected chi connectivity index (χ1v) is 7.96. The molecule has 0 heterocycles. The van der Waals surface area contributed by atoms with E-state index in [0.29, 0.717) is 0 Å². The number of hydrogen-bond acceptors (Lipinski definition) is 1. The van der Waals surface area contributed by atoms with Crippen LogP contribution in [0.25, 0.3) is 0 Å². The maximum Gasteiger partial charge on any atom is 0.187 e. The van der Waals surface area contributed by atoms with Crippen molar-refractivity contribution >= 4 is 30.9 Å². The van der Waals surface area contributed by atoms with Crippen LogP contribution in [0.2, 0.25) is 19.1 Å². The summed E-state index contributed by atoms with van der Waals surface area (Å²) in [6.45, 7) is 7.50. The molecule has 0 rings (SSSR count). The van der Waals surface area contributed by atoms with Gasteiger partial charge < -0.3 is 4.43 Å². The molecule has 56 valence electrons. The van der Waals surface area contributed by atoms with Crippen LogP contribution in [0, 0.1) is 0 Å². The van der Waals surface area contributed by atoms with Crippen LogP contribution in [0.15, 0.2) is 0 Å². The lowest BCUT2D eigenvalue weighted by atomic mass is 10.9. The van der Waals surface area contributed by atoms with Gasteiger partial charge in [-0.1, -0.05) is 22.6 Å². The van der Waals surface area contributed by atoms with Gasteiger partial charge in [-0.3, -0.25) is 0 Å². The van der Waals surface area contributed by atoms with Gasteiger partial charge in [-0.15, -0.1) is 0 Å². The van der Waals surface area contributed by atoms with Gasteiger partial charge in [0, 0.05) is 6.61 Å². The van der Waals surface area contributed by atoms with Crippen molar-refractivity contribution in [1.82, 2.24) is 0 Å². The maximum absolute atomic E-state index is 5.60. The van der Waals surface area contributed by atoms with Crippen LogP contribution >= 0.6 is 22.6 Å². The molecule has 0 bridgehead atoms. The van der Waals surface area contributed by atoms with Crippen molar-refractivity contribution < 1.29 is 4.43 Å². The average molecular weight is 258 g/mol. The highest BCUT2D eigenvalue weighted by Gasteiger charge is 2.19. The van der Waals surface area contributed by atoms with Crippen molar-refractivity contribution in [2.24, 2.45) is 0 Å². The summed E-state index contributed by atoms with van der Waals surface area (Å²) < 4.78 is 6.84. The zero-order valence-electron chi connectivity index (χ0n) is 6.41. The Morgan fingerprint density at radius 1 is 1.44 bits per heavy atom. The summed E-state index contributed by atoms with van der Waals surface area (Å²) in [5.74, 6) is 0. The summed E-state index contributed by atoms with van der Waals surface area (Å²) in [6, 6.07) is 1.28. The lowest BCUT2D eigenvalue weighted by molar-refractivity contribution is 0.330. The Bertz CT molecular complexity index is 67.5. The van der Waals surface area contributed by atoms with E-state index < -0.39 is 8.32 Å². The Labute approximate surface area is 72.4 Å². The van der Waals surface area contributed by atoms with Crippen molar-refractivity contribution in [2.75, 3.05) is 11.0 Å². The van der Waals surface area contributed by atoms with Crippen molar-refractivity contribution in [3.63, 3.8) is 0 Å². The number of halogens is 1. The molecular formula is C6H15IOSi. The average Bonchev–Trinajstić information content (AvgIpc) is 1.64. The molecule has 0 fully saturated rings. The summed E-state index contributed by atoms with van der Waals surface area (Å²) in [5.41, 5.74) is 0. The van der Waals surface area contributed by atoms with E-state index in [9.17, 15) is 0 Å². The Hall–Kier alpha value is 0.907. The molecule has 0 amide bonds. The third-order valence-corrected chi connectivity index (χ3v) is 5.31. The Balaban J connectivity index is 3.43. The number of alkyl halides is 1. The monoisotopic (exact) mass is 258 g/mol. The Morgan fingerprint density at radius 3 is 2.33 bits per heavy atom. The highest BCUT2D eigenvalue weighted by molar-refractivity contribution is 14.1. The number of hydrogen-bond donors (Lipinski definition) is 0. The zero-order chi connectivity index (χ0) is 7.33. The van der Waals surface area contributed by atoms with Crippen molar-refractivity contribution in [3.8, 4) is 0 Å². The third kappa shape index (κ3) is 5.36. The molecule has 0 unspecified atom stereocenters. The topological polar surface area (TPSA) is 9.23 Å². The van der Waals surface area contributed by atoms with Gasteiger partial charge in [0.2, 0.25) is 0 Å². The largest absolute Gasteiger partial charge is 0.418 e. The zero-order valence-corrected chi connectivity index (χ0v) is 9.57. The van der Waals surface area contributed by atoms with E-state index in [1.807, 2.05) is 0 Å².